The summed E-state index contributed by atoms with van der Waals surface area (Å²) in [6, 6.07) is 0. The molecule has 2 bridgehead atoms. The van der Waals surface area contributed by atoms with Crippen molar-refractivity contribution in [3.05, 3.63) is 0 Å². The van der Waals surface area contributed by atoms with Gasteiger partial charge < -0.3 is 9.47 Å². The molecule has 4 aliphatic rings. The first-order chi connectivity index (χ1) is 10.6. The monoisotopic (exact) mass is 324 g/mol. The first-order valence-corrected chi connectivity index (χ1v) is 9.42. The first-order valence-electron chi connectivity index (χ1n) is 8.75. The molecule has 0 N–H and O–H groups in total. The van der Waals surface area contributed by atoms with Crippen molar-refractivity contribution >= 4 is 21.2 Å². The van der Waals surface area contributed by atoms with E-state index < -0.39 is 0 Å². The minimum atomic E-state index is -0.282. The van der Waals surface area contributed by atoms with Crippen LogP contribution in [0.1, 0.15) is 51.9 Å². The van der Waals surface area contributed by atoms with E-state index in [4.69, 9.17) is 9.47 Å². The van der Waals surface area contributed by atoms with Crippen LogP contribution in [-0.2, 0) is 19.1 Å². The zero-order chi connectivity index (χ0) is 15.5. The number of esters is 2. The minimum absolute atomic E-state index is 0.0198. The Hall–Kier alpha value is -0.630. The van der Waals surface area contributed by atoms with E-state index in [2.05, 4.69) is 16.2 Å². The van der Waals surface area contributed by atoms with Gasteiger partial charge in [-0.2, -0.15) is 0 Å². The number of ether oxygens (including phenoxy) is 2. The van der Waals surface area contributed by atoms with Gasteiger partial charge in [0.1, 0.15) is 11.7 Å². The molecule has 3 saturated carbocycles. The summed E-state index contributed by atoms with van der Waals surface area (Å²) < 4.78 is 11.6. The lowest BCUT2D eigenvalue weighted by atomic mass is 9.78. The topological polar surface area (TPSA) is 52.6 Å². The van der Waals surface area contributed by atoms with E-state index in [-0.39, 0.29) is 53.0 Å². The van der Waals surface area contributed by atoms with Crippen LogP contribution < -0.4 is 0 Å². The molecule has 0 aromatic rings. The molecule has 5 heteroatoms. The van der Waals surface area contributed by atoms with E-state index in [0.29, 0.717) is 0 Å². The summed E-state index contributed by atoms with van der Waals surface area (Å²) in [5.74, 6) is -0.339. The normalized spacial score (nSPS) is 44.9. The van der Waals surface area contributed by atoms with Gasteiger partial charge in [0, 0.05) is 11.6 Å². The maximum absolute atomic E-state index is 12.9. The molecule has 0 spiro atoms. The Labute approximate surface area is 133 Å². The Morgan fingerprint density at radius 2 is 2.05 bits per heavy atom. The van der Waals surface area contributed by atoms with Crippen molar-refractivity contribution < 1.29 is 19.1 Å². The van der Waals surface area contributed by atoms with Gasteiger partial charge in [-0.25, -0.2) is 0 Å². The average molecular weight is 324 g/mol. The molecule has 4 rings (SSSR count). The quantitative estimate of drug-likeness (QED) is 0.592. The molecular weight excluding hydrogens is 299 g/mol. The van der Waals surface area contributed by atoms with E-state index in [1.807, 2.05) is 0 Å². The van der Waals surface area contributed by atoms with E-state index in [1.54, 1.807) is 0 Å². The zero-order valence-corrected chi connectivity index (χ0v) is 14.3. The van der Waals surface area contributed by atoms with Crippen LogP contribution >= 0.6 is 9.24 Å². The number of rotatable bonds is 3. The smallest absolute Gasteiger partial charge is 0.310 e. The van der Waals surface area contributed by atoms with Crippen molar-refractivity contribution in [3.8, 4) is 0 Å². The van der Waals surface area contributed by atoms with Gasteiger partial charge in [0.15, 0.2) is 0 Å². The van der Waals surface area contributed by atoms with Crippen LogP contribution in [0.3, 0.4) is 0 Å². The largest absolute Gasteiger partial charge is 0.461 e. The molecule has 7 unspecified atom stereocenters. The van der Waals surface area contributed by atoms with Gasteiger partial charge in [0.25, 0.3) is 0 Å². The Morgan fingerprint density at radius 1 is 1.32 bits per heavy atom. The molecule has 0 amide bonds. The van der Waals surface area contributed by atoms with E-state index in [9.17, 15) is 9.59 Å². The lowest BCUT2D eigenvalue weighted by Gasteiger charge is -2.38. The van der Waals surface area contributed by atoms with Gasteiger partial charge in [-0.05, 0) is 44.4 Å². The summed E-state index contributed by atoms with van der Waals surface area (Å²) in [6.07, 6.45) is 7.28. The van der Waals surface area contributed by atoms with Gasteiger partial charge in [0.05, 0.1) is 11.8 Å². The van der Waals surface area contributed by atoms with Crippen molar-refractivity contribution in [1.29, 1.82) is 0 Å². The number of carbonyl (C=O) groups excluding carboxylic acids is 2. The summed E-state index contributed by atoms with van der Waals surface area (Å²) >= 11 is 0. The zero-order valence-electron chi connectivity index (χ0n) is 13.1. The highest BCUT2D eigenvalue weighted by molar-refractivity contribution is 7.17. The van der Waals surface area contributed by atoms with Crippen LogP contribution in [0.15, 0.2) is 0 Å². The molecule has 122 valence electrons. The lowest BCUT2D eigenvalue weighted by molar-refractivity contribution is -0.173. The molecular formula is C17H25O4P. The summed E-state index contributed by atoms with van der Waals surface area (Å²) in [7, 11) is 2.81. The third-order valence-corrected chi connectivity index (χ3v) is 7.55. The summed E-state index contributed by atoms with van der Waals surface area (Å²) in [5, 5.41) is 0. The van der Waals surface area contributed by atoms with Crippen LogP contribution in [0.4, 0.5) is 0 Å². The molecule has 0 aromatic carbocycles. The predicted octanol–water partition coefficient (Wildman–Crippen LogP) is 2.69. The molecule has 1 heterocycles. The third-order valence-electron chi connectivity index (χ3n) is 6.67. The molecule has 1 saturated heterocycles. The molecule has 4 fully saturated rings. The SMILES string of the molecule is CCC1(OC(=O)C2C3CC4C(OC(=O)C42)C3P)CCCCC1. The maximum atomic E-state index is 12.9. The highest BCUT2D eigenvalue weighted by Crippen LogP contribution is 2.60. The third kappa shape index (κ3) is 1.99. The van der Waals surface area contributed by atoms with Crippen molar-refractivity contribution in [2.45, 2.75) is 69.2 Å². The van der Waals surface area contributed by atoms with Crippen LogP contribution in [-0.4, -0.2) is 29.3 Å². The molecule has 0 radical (unpaired) electrons. The molecule has 1 aliphatic heterocycles. The second-order valence-corrected chi connectivity index (χ2v) is 8.38. The van der Waals surface area contributed by atoms with E-state index in [0.717, 1.165) is 38.5 Å². The van der Waals surface area contributed by atoms with E-state index in [1.165, 1.54) is 6.42 Å². The average Bonchev–Trinajstić information content (AvgIpc) is 3.12. The number of hydrogen-bond acceptors (Lipinski definition) is 4. The first kappa shape index (κ1) is 14.9. The van der Waals surface area contributed by atoms with Crippen LogP contribution in [0.2, 0.25) is 0 Å². The second-order valence-electron chi connectivity index (χ2n) is 7.61. The second kappa shape index (κ2) is 5.19. The summed E-state index contributed by atoms with van der Waals surface area (Å²) in [4.78, 5) is 25.1. The van der Waals surface area contributed by atoms with Crippen LogP contribution in [0, 0.1) is 23.7 Å². The fraction of sp³-hybridized carbons (Fsp3) is 0.882. The highest BCUT2D eigenvalue weighted by atomic mass is 31.0. The molecule has 3 aliphatic carbocycles. The van der Waals surface area contributed by atoms with Crippen molar-refractivity contribution in [1.82, 2.24) is 0 Å². The lowest BCUT2D eigenvalue weighted by Crippen LogP contribution is -2.44. The number of carbonyl (C=O) groups is 2. The molecule has 0 aromatic heterocycles. The summed E-state index contributed by atoms with van der Waals surface area (Å²) in [6.45, 7) is 2.11. The predicted molar refractivity (Wildman–Crippen MR) is 84.2 cm³/mol. The van der Waals surface area contributed by atoms with Gasteiger partial charge in [-0.15, -0.1) is 9.24 Å². The van der Waals surface area contributed by atoms with Gasteiger partial charge in [-0.3, -0.25) is 9.59 Å². The van der Waals surface area contributed by atoms with Gasteiger partial charge in [0.2, 0.25) is 0 Å². The molecule has 4 nitrogen and oxygen atoms in total. The van der Waals surface area contributed by atoms with Crippen LogP contribution in [0.25, 0.3) is 0 Å². The Bertz CT molecular complexity index is 499. The van der Waals surface area contributed by atoms with Crippen molar-refractivity contribution in [3.63, 3.8) is 0 Å². The Balaban J connectivity index is 1.54. The van der Waals surface area contributed by atoms with Crippen molar-refractivity contribution in [2.75, 3.05) is 0 Å². The molecule has 7 atom stereocenters. The Morgan fingerprint density at radius 3 is 2.73 bits per heavy atom. The fourth-order valence-corrected chi connectivity index (χ4v) is 6.19. The number of hydrogen-bond donors (Lipinski definition) is 0. The standard InChI is InChI=1S/C17H25O4P/c1-2-17(6-4-3-5-7-17)21-16(19)12-10-8-9-11(12)15(18)20-13(9)14(10)22/h9-14H,2-8,22H2,1H3. The minimum Gasteiger partial charge on any atom is -0.461 e. The fourth-order valence-electron chi connectivity index (χ4n) is 5.43. The highest BCUT2D eigenvalue weighted by Gasteiger charge is 2.68. The van der Waals surface area contributed by atoms with Gasteiger partial charge in [-0.1, -0.05) is 13.3 Å². The van der Waals surface area contributed by atoms with E-state index >= 15 is 0 Å². The van der Waals surface area contributed by atoms with Gasteiger partial charge >= 0.3 is 11.9 Å². The number of fused-ring (bicyclic) bond motifs is 1. The molecule has 22 heavy (non-hydrogen) atoms. The maximum Gasteiger partial charge on any atom is 0.310 e. The summed E-state index contributed by atoms with van der Waals surface area (Å²) in [5.41, 5.74) is -0.0654. The Kier molecular flexibility index (Phi) is 3.52. The van der Waals surface area contributed by atoms with Crippen LogP contribution in [0.5, 0.6) is 0 Å². The van der Waals surface area contributed by atoms with Crippen molar-refractivity contribution in [2.24, 2.45) is 23.7 Å².